The number of ether oxygens (including phenoxy) is 2. The number of hydrogen-bond donors (Lipinski definition) is 1. The average molecular weight is 255 g/mol. The molecule has 0 heterocycles. The third-order valence-electron chi connectivity index (χ3n) is 2.46. The summed E-state index contributed by atoms with van der Waals surface area (Å²) in [6.45, 7) is 0. The van der Waals surface area contributed by atoms with Crippen molar-refractivity contribution in [1.29, 1.82) is 0 Å². The topological polar surface area (TPSA) is 106 Å². The van der Waals surface area contributed by atoms with Crippen molar-refractivity contribution in [3.63, 3.8) is 0 Å². The molecular formula is C11H15N2O5+. The summed E-state index contributed by atoms with van der Waals surface area (Å²) in [5.41, 5.74) is 4.15. The molecule has 0 aliphatic heterocycles. The van der Waals surface area contributed by atoms with Gasteiger partial charge in [0.15, 0.2) is 11.8 Å². The zero-order chi connectivity index (χ0) is 13.7. The van der Waals surface area contributed by atoms with Crippen molar-refractivity contribution in [2.24, 2.45) is 0 Å². The first-order chi connectivity index (χ1) is 8.49. The van der Waals surface area contributed by atoms with Gasteiger partial charge in [-0.15, -0.1) is 0 Å². The van der Waals surface area contributed by atoms with Crippen LogP contribution in [0.3, 0.4) is 0 Å². The Morgan fingerprint density at radius 3 is 2.67 bits per heavy atom. The second-order valence-electron chi connectivity index (χ2n) is 3.69. The van der Waals surface area contributed by atoms with Crippen LogP contribution < -0.4 is 10.5 Å². The standard InChI is InChI=1S/C11H14N2O5/c1-17-10-4-3-7(6-9(10)13(15)16)5-8(12)11(14)18-2/h3-4,6,8H,5,12H2,1-2H3/p+1. The summed E-state index contributed by atoms with van der Waals surface area (Å²) in [6, 6.07) is 3.94. The first-order valence-corrected chi connectivity index (χ1v) is 5.21. The lowest BCUT2D eigenvalue weighted by Gasteiger charge is -2.07. The van der Waals surface area contributed by atoms with E-state index >= 15 is 0 Å². The van der Waals surface area contributed by atoms with Crippen LogP contribution in [0.1, 0.15) is 5.56 Å². The maximum absolute atomic E-state index is 11.2. The minimum atomic E-state index is -0.594. The summed E-state index contributed by atoms with van der Waals surface area (Å²) >= 11 is 0. The van der Waals surface area contributed by atoms with Crippen LogP contribution in [0.2, 0.25) is 0 Å². The Bertz CT molecular complexity index is 461. The molecule has 1 unspecified atom stereocenters. The first-order valence-electron chi connectivity index (χ1n) is 5.21. The van der Waals surface area contributed by atoms with Crippen molar-refractivity contribution in [3.8, 4) is 5.75 Å². The quantitative estimate of drug-likeness (QED) is 0.450. The molecule has 0 aromatic heterocycles. The Labute approximate surface area is 104 Å². The van der Waals surface area contributed by atoms with Crippen molar-refractivity contribution in [1.82, 2.24) is 0 Å². The second kappa shape index (κ2) is 5.97. The second-order valence-corrected chi connectivity index (χ2v) is 3.69. The van der Waals surface area contributed by atoms with Crippen LogP contribution in [0.25, 0.3) is 0 Å². The Hall–Kier alpha value is -2.15. The molecule has 18 heavy (non-hydrogen) atoms. The zero-order valence-corrected chi connectivity index (χ0v) is 10.2. The van der Waals surface area contributed by atoms with Crippen molar-refractivity contribution in [2.75, 3.05) is 14.2 Å². The van der Waals surface area contributed by atoms with Crippen LogP contribution in [-0.4, -0.2) is 31.2 Å². The predicted octanol–water partition coefficient (Wildman–Crippen LogP) is -0.0706. The third kappa shape index (κ3) is 3.17. The van der Waals surface area contributed by atoms with E-state index in [4.69, 9.17) is 4.74 Å². The molecule has 0 bridgehead atoms. The van der Waals surface area contributed by atoms with Gasteiger partial charge in [-0.1, -0.05) is 6.07 Å². The van der Waals surface area contributed by atoms with Crippen LogP contribution in [0, 0.1) is 10.1 Å². The maximum atomic E-state index is 11.2. The van der Waals surface area contributed by atoms with E-state index < -0.39 is 16.9 Å². The van der Waals surface area contributed by atoms with Crippen molar-refractivity contribution in [2.45, 2.75) is 12.5 Å². The number of esters is 1. The summed E-state index contributed by atoms with van der Waals surface area (Å²) in [4.78, 5) is 21.5. The fraction of sp³-hybridized carbons (Fsp3) is 0.364. The van der Waals surface area contributed by atoms with Crippen molar-refractivity contribution >= 4 is 11.7 Å². The summed E-state index contributed by atoms with van der Waals surface area (Å²) in [5.74, 6) is -0.268. The van der Waals surface area contributed by atoms with E-state index in [1.807, 2.05) is 0 Å². The molecule has 1 aromatic rings. The lowest BCUT2D eigenvalue weighted by molar-refractivity contribution is -0.407. The predicted molar refractivity (Wildman–Crippen MR) is 62.0 cm³/mol. The first kappa shape index (κ1) is 13.9. The number of carbonyl (C=O) groups is 1. The highest BCUT2D eigenvalue weighted by molar-refractivity contribution is 5.74. The number of methoxy groups -OCH3 is 2. The Balaban J connectivity index is 2.95. The van der Waals surface area contributed by atoms with Crippen LogP contribution >= 0.6 is 0 Å². The normalized spacial score (nSPS) is 11.7. The molecule has 0 fully saturated rings. The van der Waals surface area contributed by atoms with Gasteiger partial charge in [0, 0.05) is 12.5 Å². The molecule has 1 atom stereocenters. The molecule has 7 nitrogen and oxygen atoms in total. The van der Waals surface area contributed by atoms with Gasteiger partial charge in [-0.25, -0.2) is 4.79 Å². The smallest absolute Gasteiger partial charge is 0.364 e. The number of nitro benzene ring substituents is 1. The summed E-state index contributed by atoms with van der Waals surface area (Å²) < 4.78 is 9.43. The van der Waals surface area contributed by atoms with E-state index in [9.17, 15) is 14.9 Å². The number of rotatable bonds is 5. The fourth-order valence-electron chi connectivity index (χ4n) is 1.54. The van der Waals surface area contributed by atoms with E-state index in [2.05, 4.69) is 10.5 Å². The highest BCUT2D eigenvalue weighted by Crippen LogP contribution is 2.27. The number of nitrogens with zero attached hydrogens (tertiary/aromatic N) is 1. The molecule has 0 radical (unpaired) electrons. The van der Waals surface area contributed by atoms with Gasteiger partial charge in [-0.2, -0.15) is 0 Å². The van der Waals surface area contributed by atoms with Crippen molar-refractivity contribution in [3.05, 3.63) is 33.9 Å². The monoisotopic (exact) mass is 255 g/mol. The molecule has 0 aliphatic carbocycles. The lowest BCUT2D eigenvalue weighted by Crippen LogP contribution is -2.66. The van der Waals surface area contributed by atoms with Crippen LogP contribution in [0.5, 0.6) is 5.75 Å². The molecule has 98 valence electrons. The number of hydrogen-bond acceptors (Lipinski definition) is 5. The van der Waals surface area contributed by atoms with Gasteiger partial charge in [0.05, 0.1) is 19.1 Å². The van der Waals surface area contributed by atoms with Gasteiger partial charge in [0.2, 0.25) is 0 Å². The maximum Gasteiger partial charge on any atom is 0.364 e. The molecule has 3 N–H and O–H groups in total. The number of benzene rings is 1. The van der Waals surface area contributed by atoms with E-state index in [1.165, 1.54) is 26.4 Å². The molecular weight excluding hydrogens is 240 g/mol. The van der Waals surface area contributed by atoms with E-state index in [-0.39, 0.29) is 17.9 Å². The summed E-state index contributed by atoms with van der Waals surface area (Å²) in [6.07, 6.45) is 0.275. The zero-order valence-electron chi connectivity index (χ0n) is 10.2. The van der Waals surface area contributed by atoms with Crippen LogP contribution in [-0.2, 0) is 16.0 Å². The van der Waals surface area contributed by atoms with Gasteiger partial charge < -0.3 is 15.2 Å². The van der Waals surface area contributed by atoms with E-state index in [0.717, 1.165) is 0 Å². The molecule has 0 amide bonds. The van der Waals surface area contributed by atoms with E-state index in [1.54, 1.807) is 6.07 Å². The fourth-order valence-corrected chi connectivity index (χ4v) is 1.54. The Morgan fingerprint density at radius 1 is 1.50 bits per heavy atom. The SMILES string of the molecule is COC(=O)C([NH3+])Cc1ccc(OC)c([N+](=O)[O-])c1. The summed E-state index contributed by atoms with van der Waals surface area (Å²) in [5, 5.41) is 10.8. The van der Waals surface area contributed by atoms with Gasteiger partial charge in [-0.3, -0.25) is 10.1 Å². The third-order valence-corrected chi connectivity index (χ3v) is 2.46. The number of carbonyl (C=O) groups excluding carboxylic acids is 1. The molecule has 0 saturated heterocycles. The van der Waals surface area contributed by atoms with Crippen LogP contribution in [0.4, 0.5) is 5.69 Å². The summed E-state index contributed by atoms with van der Waals surface area (Å²) in [7, 11) is 2.64. The van der Waals surface area contributed by atoms with Gasteiger partial charge in [-0.05, 0) is 11.6 Å². The van der Waals surface area contributed by atoms with Gasteiger partial charge in [0.25, 0.3) is 0 Å². The van der Waals surface area contributed by atoms with Crippen molar-refractivity contribution < 1.29 is 24.9 Å². The van der Waals surface area contributed by atoms with Gasteiger partial charge >= 0.3 is 11.7 Å². The number of quaternary nitrogens is 1. The Kier molecular flexibility index (Phi) is 4.61. The molecule has 1 rings (SSSR count). The minimum Gasteiger partial charge on any atom is -0.490 e. The highest BCUT2D eigenvalue weighted by Gasteiger charge is 2.21. The molecule has 0 spiro atoms. The average Bonchev–Trinajstić information content (AvgIpc) is 2.37. The molecule has 1 aromatic carbocycles. The Morgan fingerprint density at radius 2 is 2.17 bits per heavy atom. The number of nitro groups is 1. The minimum absolute atomic E-state index is 0.132. The van der Waals surface area contributed by atoms with E-state index in [0.29, 0.717) is 5.56 Å². The molecule has 7 heteroatoms. The highest BCUT2D eigenvalue weighted by atomic mass is 16.6. The van der Waals surface area contributed by atoms with Crippen LogP contribution in [0.15, 0.2) is 18.2 Å². The van der Waals surface area contributed by atoms with Gasteiger partial charge in [0.1, 0.15) is 0 Å². The lowest BCUT2D eigenvalue weighted by atomic mass is 10.1. The molecule has 0 saturated carbocycles. The molecule has 0 aliphatic rings. The largest absolute Gasteiger partial charge is 0.490 e.